The second-order valence-electron chi connectivity index (χ2n) is 5.69. The van der Waals surface area contributed by atoms with E-state index >= 15 is 0 Å². The minimum Gasteiger partial charge on any atom is -0.301 e. The smallest absolute Gasteiger partial charge is 0.123 e. The van der Waals surface area contributed by atoms with Gasteiger partial charge in [-0.1, -0.05) is 18.1 Å². The van der Waals surface area contributed by atoms with Gasteiger partial charge in [0.25, 0.3) is 0 Å². The van der Waals surface area contributed by atoms with Crippen LogP contribution in [0, 0.1) is 18.2 Å². The molecule has 0 N–H and O–H groups in total. The molecule has 0 unspecified atom stereocenters. The summed E-state index contributed by atoms with van der Waals surface area (Å²) in [7, 11) is 2.11. The van der Waals surface area contributed by atoms with Crippen LogP contribution in [0.5, 0.6) is 0 Å². The number of benzene rings is 1. The van der Waals surface area contributed by atoms with E-state index in [1.54, 1.807) is 0 Å². The van der Waals surface area contributed by atoms with Crippen molar-refractivity contribution in [2.24, 2.45) is 0 Å². The lowest BCUT2D eigenvalue weighted by molar-refractivity contribution is 0.131. The normalized spacial score (nSPS) is 17.0. The van der Waals surface area contributed by atoms with Gasteiger partial charge < -0.3 is 4.90 Å². The Morgan fingerprint density at radius 2 is 1.76 bits per heavy atom. The van der Waals surface area contributed by atoms with E-state index in [4.69, 9.17) is 6.42 Å². The molecular formula is C17H24FN3. The van der Waals surface area contributed by atoms with Gasteiger partial charge >= 0.3 is 0 Å². The molecule has 0 spiro atoms. The molecule has 0 bridgehead atoms. The first-order valence-corrected chi connectivity index (χ1v) is 7.48. The molecule has 1 aliphatic heterocycles. The standard InChI is InChI=1S/C17H24FN3/c1-3-8-20-11-13-21(14-12-20)10-9-19(2)15-16-4-6-17(18)7-5-16/h1,4-7H,8-15H2,2H3. The quantitative estimate of drug-likeness (QED) is 0.735. The Balaban J connectivity index is 1.66. The van der Waals surface area contributed by atoms with Gasteiger partial charge in [0, 0.05) is 45.8 Å². The Labute approximate surface area is 127 Å². The van der Waals surface area contributed by atoms with Crippen molar-refractivity contribution in [3.63, 3.8) is 0 Å². The van der Waals surface area contributed by atoms with E-state index in [1.165, 1.54) is 12.1 Å². The van der Waals surface area contributed by atoms with Gasteiger partial charge in [0.1, 0.15) is 5.82 Å². The Morgan fingerprint density at radius 3 is 2.38 bits per heavy atom. The maximum atomic E-state index is 12.9. The Bertz CT molecular complexity index is 458. The molecule has 21 heavy (non-hydrogen) atoms. The van der Waals surface area contributed by atoms with Crippen LogP contribution in [0.2, 0.25) is 0 Å². The van der Waals surface area contributed by atoms with Gasteiger partial charge in [0.05, 0.1) is 6.54 Å². The zero-order chi connectivity index (χ0) is 15.1. The van der Waals surface area contributed by atoms with Crippen LogP contribution in [0.15, 0.2) is 24.3 Å². The molecule has 3 nitrogen and oxygen atoms in total. The highest BCUT2D eigenvalue weighted by Gasteiger charge is 2.15. The van der Waals surface area contributed by atoms with Crippen molar-refractivity contribution in [2.75, 3.05) is 52.9 Å². The number of nitrogens with zero attached hydrogens (tertiary/aromatic N) is 3. The zero-order valence-corrected chi connectivity index (χ0v) is 12.8. The lowest BCUT2D eigenvalue weighted by atomic mass is 10.2. The predicted octanol–water partition coefficient (Wildman–Crippen LogP) is 1.51. The SMILES string of the molecule is C#CCN1CCN(CCN(C)Cc2ccc(F)cc2)CC1. The number of halogens is 1. The van der Waals surface area contributed by atoms with Crippen LogP contribution in [0.4, 0.5) is 4.39 Å². The van der Waals surface area contributed by atoms with E-state index in [9.17, 15) is 4.39 Å². The third-order valence-electron chi connectivity index (χ3n) is 3.94. The number of piperazine rings is 1. The highest BCUT2D eigenvalue weighted by molar-refractivity contribution is 5.15. The molecule has 1 saturated heterocycles. The van der Waals surface area contributed by atoms with Crippen molar-refractivity contribution in [1.82, 2.24) is 14.7 Å². The minimum atomic E-state index is -0.175. The van der Waals surface area contributed by atoms with Gasteiger partial charge in [-0.15, -0.1) is 6.42 Å². The Hall–Kier alpha value is -1.41. The Kier molecular flexibility index (Phi) is 6.19. The summed E-state index contributed by atoms with van der Waals surface area (Å²) in [4.78, 5) is 7.08. The monoisotopic (exact) mass is 289 g/mol. The van der Waals surface area contributed by atoms with Crippen LogP contribution in [0.3, 0.4) is 0 Å². The first-order valence-electron chi connectivity index (χ1n) is 7.48. The van der Waals surface area contributed by atoms with E-state index in [0.29, 0.717) is 0 Å². The van der Waals surface area contributed by atoms with Crippen molar-refractivity contribution in [3.8, 4) is 12.3 Å². The summed E-state index contributed by atoms with van der Waals surface area (Å²) in [5.74, 6) is 2.53. The number of hydrogen-bond acceptors (Lipinski definition) is 3. The number of likely N-dealkylation sites (N-methyl/N-ethyl adjacent to an activating group) is 1. The molecule has 0 saturated carbocycles. The van der Waals surface area contributed by atoms with Crippen molar-refractivity contribution < 1.29 is 4.39 Å². The van der Waals surface area contributed by atoms with Crippen molar-refractivity contribution >= 4 is 0 Å². The van der Waals surface area contributed by atoms with Gasteiger partial charge in [-0.25, -0.2) is 4.39 Å². The van der Waals surface area contributed by atoms with E-state index in [2.05, 4.69) is 27.7 Å². The van der Waals surface area contributed by atoms with Crippen molar-refractivity contribution in [1.29, 1.82) is 0 Å². The van der Waals surface area contributed by atoms with Crippen LogP contribution in [-0.2, 0) is 6.54 Å². The largest absolute Gasteiger partial charge is 0.301 e. The van der Waals surface area contributed by atoms with Crippen LogP contribution in [0.25, 0.3) is 0 Å². The number of terminal acetylenes is 1. The summed E-state index contributed by atoms with van der Waals surface area (Å²) in [6.07, 6.45) is 5.34. The molecule has 1 fully saturated rings. The van der Waals surface area contributed by atoms with Gasteiger partial charge in [-0.3, -0.25) is 9.80 Å². The fourth-order valence-electron chi connectivity index (χ4n) is 2.59. The third kappa shape index (κ3) is 5.47. The molecule has 1 aromatic rings. The van der Waals surface area contributed by atoms with Crippen LogP contribution in [0.1, 0.15) is 5.56 Å². The molecule has 114 valence electrons. The maximum absolute atomic E-state index is 12.9. The summed E-state index contributed by atoms with van der Waals surface area (Å²) < 4.78 is 12.9. The van der Waals surface area contributed by atoms with E-state index in [-0.39, 0.29) is 5.82 Å². The molecule has 0 aliphatic carbocycles. The average molecular weight is 289 g/mol. The van der Waals surface area contributed by atoms with E-state index in [1.807, 2.05) is 12.1 Å². The summed E-state index contributed by atoms with van der Waals surface area (Å²) in [5, 5.41) is 0. The van der Waals surface area contributed by atoms with Gasteiger partial charge in [0.15, 0.2) is 0 Å². The summed E-state index contributed by atoms with van der Waals surface area (Å²) in [5.41, 5.74) is 1.15. The van der Waals surface area contributed by atoms with Gasteiger partial charge in [0.2, 0.25) is 0 Å². The highest BCUT2D eigenvalue weighted by atomic mass is 19.1. The first-order chi connectivity index (χ1) is 10.2. The molecule has 2 rings (SSSR count). The second-order valence-corrected chi connectivity index (χ2v) is 5.69. The number of hydrogen-bond donors (Lipinski definition) is 0. The lowest BCUT2D eigenvalue weighted by Gasteiger charge is -2.34. The molecule has 0 atom stereocenters. The first kappa shape index (κ1) is 16.0. The topological polar surface area (TPSA) is 9.72 Å². The van der Waals surface area contributed by atoms with Crippen LogP contribution < -0.4 is 0 Å². The minimum absolute atomic E-state index is 0.175. The maximum Gasteiger partial charge on any atom is 0.123 e. The van der Waals surface area contributed by atoms with E-state index in [0.717, 1.165) is 57.9 Å². The van der Waals surface area contributed by atoms with Gasteiger partial charge in [-0.2, -0.15) is 0 Å². The molecule has 0 amide bonds. The van der Waals surface area contributed by atoms with Gasteiger partial charge in [-0.05, 0) is 24.7 Å². The zero-order valence-electron chi connectivity index (χ0n) is 12.8. The summed E-state index contributed by atoms with van der Waals surface area (Å²) in [6.45, 7) is 8.01. The Morgan fingerprint density at radius 1 is 1.14 bits per heavy atom. The highest BCUT2D eigenvalue weighted by Crippen LogP contribution is 2.06. The fourth-order valence-corrected chi connectivity index (χ4v) is 2.59. The second kappa shape index (κ2) is 8.14. The molecule has 0 aromatic heterocycles. The van der Waals surface area contributed by atoms with Crippen molar-refractivity contribution in [2.45, 2.75) is 6.54 Å². The molecule has 1 heterocycles. The van der Waals surface area contributed by atoms with E-state index < -0.39 is 0 Å². The van der Waals surface area contributed by atoms with Crippen molar-refractivity contribution in [3.05, 3.63) is 35.6 Å². The fraction of sp³-hybridized carbons (Fsp3) is 0.529. The number of rotatable bonds is 6. The average Bonchev–Trinajstić information content (AvgIpc) is 2.49. The third-order valence-corrected chi connectivity index (χ3v) is 3.94. The molecule has 4 heteroatoms. The molecule has 0 radical (unpaired) electrons. The van der Waals surface area contributed by atoms with Crippen LogP contribution >= 0.6 is 0 Å². The van der Waals surface area contributed by atoms with Crippen LogP contribution in [-0.4, -0.2) is 67.6 Å². The summed E-state index contributed by atoms with van der Waals surface area (Å²) in [6, 6.07) is 6.75. The predicted molar refractivity (Wildman–Crippen MR) is 84.4 cm³/mol. The molecule has 1 aromatic carbocycles. The lowest BCUT2D eigenvalue weighted by Crippen LogP contribution is -2.48. The molecule has 1 aliphatic rings. The summed E-state index contributed by atoms with van der Waals surface area (Å²) >= 11 is 0. The molecular weight excluding hydrogens is 265 g/mol.